The van der Waals surface area contributed by atoms with Crippen LogP contribution in [0.2, 0.25) is 10.0 Å². The van der Waals surface area contributed by atoms with Gasteiger partial charge in [0.25, 0.3) is 0 Å². The number of piperidine rings is 2. The number of rotatable bonds is 14. The molecule has 9 aromatic rings. The molecule has 18 nitrogen and oxygen atoms in total. The molecule has 5 aromatic carbocycles. The van der Waals surface area contributed by atoms with Crippen LogP contribution in [-0.4, -0.2) is 112 Å². The first-order chi connectivity index (χ1) is 41.4. The molecule has 446 valence electrons. The third-order valence-electron chi connectivity index (χ3n) is 14.6. The monoisotopic (exact) mass is 1200 g/mol. The molecule has 20 heteroatoms. The van der Waals surface area contributed by atoms with E-state index in [1.807, 2.05) is 186 Å². The molecule has 11 rings (SSSR count). The highest BCUT2D eigenvalue weighted by molar-refractivity contribution is 6.33. The topological polar surface area (TPSA) is 208 Å². The molecule has 4 aromatic heterocycles. The average Bonchev–Trinajstić information content (AvgIpc) is 4.26. The molecule has 0 spiro atoms. The SMILES string of the molecule is CC(C)(C)OC(=O)N(Cc1ccc(Nc2ncc(Cl)c(-c3c[nH]c4ccccc34)n2)cc1)[C@@H]1CCCN(C(=O)OCc2ccccc2)C1.CC(C)(C)OC(=O)N(Cc1ccc(Nc2ncc(Cl)c(-c3c[nH]c4ccccc34)n2)cc1)[C@@H]1CCCNC1. The third-order valence-corrected chi connectivity index (χ3v) is 15.1. The van der Waals surface area contributed by atoms with Gasteiger partial charge in [-0.25, -0.2) is 34.3 Å². The second-order valence-electron chi connectivity index (χ2n) is 23.4. The predicted molar refractivity (Wildman–Crippen MR) is 339 cm³/mol. The molecule has 86 heavy (non-hydrogen) atoms. The summed E-state index contributed by atoms with van der Waals surface area (Å²) in [5, 5.41) is 12.9. The molecule has 3 amide bonds. The lowest BCUT2D eigenvalue weighted by Crippen LogP contribution is -2.52. The molecular weight excluding hydrogens is 1130 g/mol. The fraction of sp³-hybridized carbons (Fsp3) is 0.318. The van der Waals surface area contributed by atoms with Crippen molar-refractivity contribution in [3.05, 3.63) is 179 Å². The van der Waals surface area contributed by atoms with Gasteiger partial charge in [-0.3, -0.25) is 9.80 Å². The van der Waals surface area contributed by atoms with Crippen LogP contribution in [0, 0.1) is 0 Å². The summed E-state index contributed by atoms with van der Waals surface area (Å²) in [5.41, 5.74) is 8.36. The van der Waals surface area contributed by atoms with Crippen LogP contribution in [0.4, 0.5) is 37.7 Å². The minimum absolute atomic E-state index is 0.0989. The summed E-state index contributed by atoms with van der Waals surface area (Å²) in [6.45, 7) is 14.9. The first kappa shape index (κ1) is 60.4. The number of H-pyrrole nitrogens is 2. The molecule has 2 aliphatic rings. The summed E-state index contributed by atoms with van der Waals surface area (Å²) in [6.07, 6.45) is 9.39. The van der Waals surface area contributed by atoms with E-state index in [0.29, 0.717) is 59.5 Å². The van der Waals surface area contributed by atoms with Gasteiger partial charge in [-0.1, -0.05) is 114 Å². The standard InChI is InChI=1S/C37H39ClN6O4.C29H33ClN6O2/c1-37(2,3)48-36(46)44(28-12-9-19-43(23-28)35(45)47-24-26-10-5-4-6-11-26)22-25-15-17-27(18-16-25)41-34-40-21-31(38)33(42-34)30-20-39-32-14-8-7-13-29(30)32;1-29(2,3)38-28(37)36(21-7-6-14-31-15-21)18-19-10-12-20(13-11-19)34-27-33-17-24(30)26(35-27)23-16-32-25-9-5-4-8-22(23)25/h4-8,10-11,13-18,20-21,28,39H,9,12,19,22-24H2,1-3H3,(H,40,41,42);4-5,8-13,16-17,21,31-32H,6-7,14-15,18H2,1-3H3,(H,33,34,35)/t28-;21-/m11/s1. The van der Waals surface area contributed by atoms with Gasteiger partial charge in [0, 0.05) is 95.5 Å². The van der Waals surface area contributed by atoms with Crippen LogP contribution >= 0.6 is 23.2 Å². The molecule has 5 N–H and O–H groups in total. The number of carbonyl (C=O) groups is 3. The van der Waals surface area contributed by atoms with Gasteiger partial charge >= 0.3 is 18.3 Å². The van der Waals surface area contributed by atoms with Crippen molar-refractivity contribution in [1.82, 2.24) is 49.9 Å². The first-order valence-corrected chi connectivity index (χ1v) is 29.7. The minimum Gasteiger partial charge on any atom is -0.445 e. The Kier molecular flexibility index (Phi) is 19.0. The van der Waals surface area contributed by atoms with E-state index < -0.39 is 17.3 Å². The number of aromatic nitrogens is 6. The van der Waals surface area contributed by atoms with E-state index in [0.717, 1.165) is 99.8 Å². The summed E-state index contributed by atoms with van der Waals surface area (Å²) in [6, 6.07) is 41.1. The number of hydrogen-bond acceptors (Lipinski definition) is 13. The van der Waals surface area contributed by atoms with Gasteiger partial charge in [0.1, 0.15) is 17.8 Å². The fourth-order valence-electron chi connectivity index (χ4n) is 10.4. The number of benzene rings is 5. The molecular formula is C66H72Cl2N12O6. The Morgan fingerprint density at radius 3 is 1.57 bits per heavy atom. The summed E-state index contributed by atoms with van der Waals surface area (Å²) in [4.78, 5) is 69.5. The smallest absolute Gasteiger partial charge is 0.410 e. The fourth-order valence-corrected chi connectivity index (χ4v) is 10.8. The maximum Gasteiger partial charge on any atom is 0.410 e. The number of carbonyl (C=O) groups excluding carboxylic acids is 3. The van der Waals surface area contributed by atoms with E-state index in [1.54, 1.807) is 22.2 Å². The normalized spacial score (nSPS) is 15.3. The maximum absolute atomic E-state index is 13.5. The summed E-state index contributed by atoms with van der Waals surface area (Å²) in [5.74, 6) is 0.857. The van der Waals surface area contributed by atoms with Crippen LogP contribution in [0.15, 0.2) is 152 Å². The van der Waals surface area contributed by atoms with Crippen molar-refractivity contribution in [3.8, 4) is 22.5 Å². The first-order valence-electron chi connectivity index (χ1n) is 29.0. The van der Waals surface area contributed by atoms with Crippen LogP contribution in [-0.2, 0) is 33.9 Å². The Balaban J connectivity index is 0.000000196. The Labute approximate surface area is 511 Å². The zero-order valence-electron chi connectivity index (χ0n) is 49.2. The lowest BCUT2D eigenvalue weighted by atomic mass is 10.0. The predicted octanol–water partition coefficient (Wildman–Crippen LogP) is 15.1. The molecule has 2 aliphatic heterocycles. The number of likely N-dealkylation sites (tertiary alicyclic amines) is 1. The zero-order chi connectivity index (χ0) is 60.4. The lowest BCUT2D eigenvalue weighted by molar-refractivity contribution is 0.00240. The lowest BCUT2D eigenvalue weighted by Gasteiger charge is -2.39. The highest BCUT2D eigenvalue weighted by Crippen LogP contribution is 2.35. The number of para-hydroxylation sites is 2. The molecule has 0 saturated carbocycles. The second-order valence-corrected chi connectivity index (χ2v) is 24.2. The molecule has 2 saturated heterocycles. The van der Waals surface area contributed by atoms with Gasteiger partial charge in [0.15, 0.2) is 0 Å². The molecule has 0 unspecified atom stereocenters. The minimum atomic E-state index is -0.670. The van der Waals surface area contributed by atoms with Gasteiger partial charge in [-0.05, 0) is 127 Å². The molecule has 0 radical (unpaired) electrons. The molecule has 6 heterocycles. The van der Waals surface area contributed by atoms with Crippen molar-refractivity contribution in [3.63, 3.8) is 0 Å². The van der Waals surface area contributed by atoms with E-state index in [4.69, 9.17) is 47.4 Å². The Morgan fingerprint density at radius 1 is 0.605 bits per heavy atom. The Bertz CT molecular complexity index is 3770. The quantitative estimate of drug-likeness (QED) is 0.0643. The van der Waals surface area contributed by atoms with E-state index in [-0.39, 0.29) is 30.9 Å². The van der Waals surface area contributed by atoms with E-state index in [9.17, 15) is 14.4 Å². The molecule has 0 aliphatic carbocycles. The highest BCUT2D eigenvalue weighted by atomic mass is 35.5. The average molecular weight is 1200 g/mol. The number of anilines is 4. The van der Waals surface area contributed by atoms with Gasteiger partial charge in [-0.2, -0.15) is 0 Å². The number of nitrogens with one attached hydrogen (secondary N) is 5. The number of halogens is 2. The van der Waals surface area contributed by atoms with Crippen molar-refractivity contribution < 1.29 is 28.6 Å². The number of fused-ring (bicyclic) bond motifs is 2. The van der Waals surface area contributed by atoms with Crippen LogP contribution in [0.3, 0.4) is 0 Å². The molecule has 2 fully saturated rings. The zero-order valence-corrected chi connectivity index (χ0v) is 50.7. The van der Waals surface area contributed by atoms with Crippen LogP contribution in [0.5, 0.6) is 0 Å². The van der Waals surface area contributed by atoms with Crippen LogP contribution < -0.4 is 16.0 Å². The maximum atomic E-state index is 13.5. The Morgan fingerprint density at radius 2 is 1.08 bits per heavy atom. The van der Waals surface area contributed by atoms with Crippen molar-refractivity contribution in [2.45, 2.75) is 110 Å². The van der Waals surface area contributed by atoms with Gasteiger partial charge in [-0.15, -0.1) is 0 Å². The van der Waals surface area contributed by atoms with Crippen molar-refractivity contribution in [1.29, 1.82) is 0 Å². The van der Waals surface area contributed by atoms with E-state index in [2.05, 4.69) is 35.9 Å². The summed E-state index contributed by atoms with van der Waals surface area (Å²) >= 11 is 13.0. The van der Waals surface area contributed by atoms with Crippen molar-refractivity contribution >= 4 is 86.6 Å². The van der Waals surface area contributed by atoms with Gasteiger partial charge < -0.3 is 45.0 Å². The Hall–Kier alpha value is -8.71. The number of nitrogens with zero attached hydrogens (tertiary/aromatic N) is 7. The number of hydrogen-bond donors (Lipinski definition) is 5. The largest absolute Gasteiger partial charge is 0.445 e. The van der Waals surface area contributed by atoms with Gasteiger partial charge in [0.05, 0.1) is 39.9 Å². The number of ether oxygens (including phenoxy) is 3. The molecule has 0 bridgehead atoms. The molecule has 2 atom stereocenters. The van der Waals surface area contributed by atoms with E-state index in [1.165, 1.54) is 0 Å². The highest BCUT2D eigenvalue weighted by Gasteiger charge is 2.34. The van der Waals surface area contributed by atoms with Crippen molar-refractivity contribution in [2.75, 3.05) is 36.8 Å². The van der Waals surface area contributed by atoms with Crippen LogP contribution in [0.1, 0.15) is 83.9 Å². The van der Waals surface area contributed by atoms with Crippen molar-refractivity contribution in [2.24, 2.45) is 0 Å². The van der Waals surface area contributed by atoms with Crippen LogP contribution in [0.25, 0.3) is 44.3 Å². The second kappa shape index (κ2) is 27.1. The third kappa shape index (κ3) is 15.8. The van der Waals surface area contributed by atoms with Gasteiger partial charge in [0.2, 0.25) is 11.9 Å². The van der Waals surface area contributed by atoms with E-state index >= 15 is 0 Å². The number of aromatic amines is 2. The summed E-state index contributed by atoms with van der Waals surface area (Å²) in [7, 11) is 0. The number of amides is 3. The summed E-state index contributed by atoms with van der Waals surface area (Å²) < 4.78 is 17.1.